The summed E-state index contributed by atoms with van der Waals surface area (Å²) >= 11 is 0. The molecule has 1 aliphatic rings. The van der Waals surface area contributed by atoms with Gasteiger partial charge in [-0.15, -0.1) is 0 Å². The van der Waals surface area contributed by atoms with Crippen LogP contribution in [0.3, 0.4) is 0 Å². The van der Waals surface area contributed by atoms with Crippen molar-refractivity contribution in [1.82, 2.24) is 4.90 Å². The number of carbonyl (C=O) groups excluding carboxylic acids is 3. The van der Waals surface area contributed by atoms with E-state index in [2.05, 4.69) is 9.53 Å². The van der Waals surface area contributed by atoms with Crippen molar-refractivity contribution < 1.29 is 28.6 Å². The van der Waals surface area contributed by atoms with Gasteiger partial charge in [-0.3, -0.25) is 4.79 Å². The van der Waals surface area contributed by atoms with Gasteiger partial charge in [-0.05, 0) is 20.8 Å². The molecule has 0 N–H and O–H groups in total. The van der Waals surface area contributed by atoms with Crippen LogP contribution in [0.25, 0.3) is 5.53 Å². The highest BCUT2D eigenvalue weighted by atomic mass is 16.6. The van der Waals surface area contributed by atoms with Gasteiger partial charge in [0.2, 0.25) is 0 Å². The van der Waals surface area contributed by atoms with E-state index >= 15 is 0 Å². The van der Waals surface area contributed by atoms with Gasteiger partial charge in [0.1, 0.15) is 5.60 Å². The summed E-state index contributed by atoms with van der Waals surface area (Å²) in [5.41, 5.74) is 7.44. The molecule has 1 atom stereocenters. The Morgan fingerprint density at radius 3 is 2.67 bits per heavy atom. The third-order valence-electron chi connectivity index (χ3n) is 1.93. The van der Waals surface area contributed by atoms with E-state index in [-0.39, 0.29) is 6.54 Å². The highest BCUT2D eigenvalue weighted by molar-refractivity contribution is 6.28. The molecule has 0 bridgehead atoms. The molecule has 0 unspecified atom stereocenters. The average Bonchev–Trinajstić information content (AvgIpc) is 2.58. The van der Waals surface area contributed by atoms with Crippen LogP contribution in [0.15, 0.2) is 0 Å². The van der Waals surface area contributed by atoms with Crippen LogP contribution in [0, 0.1) is 0 Å². The summed E-state index contributed by atoms with van der Waals surface area (Å²) in [5.74, 6) is -0.711. The zero-order valence-electron chi connectivity index (χ0n) is 10.2. The second kappa shape index (κ2) is 4.97. The Labute approximate surface area is 103 Å². The van der Waals surface area contributed by atoms with Crippen LogP contribution >= 0.6 is 0 Å². The van der Waals surface area contributed by atoms with Crippen LogP contribution in [-0.2, 0) is 14.3 Å². The van der Waals surface area contributed by atoms with Crippen LogP contribution in [-0.4, -0.2) is 52.1 Å². The molecule has 0 aromatic rings. The minimum absolute atomic E-state index is 0.265. The number of hydrogen-bond donors (Lipinski definition) is 0. The number of ketones is 1. The Balaban J connectivity index is 2.71. The Morgan fingerprint density at radius 2 is 2.17 bits per heavy atom. The average molecular weight is 255 g/mol. The number of ether oxygens (including phenoxy) is 2. The van der Waals surface area contributed by atoms with Gasteiger partial charge in [-0.1, -0.05) is 0 Å². The number of imide groups is 1. The summed E-state index contributed by atoms with van der Waals surface area (Å²) < 4.78 is 9.63. The summed E-state index contributed by atoms with van der Waals surface area (Å²) in [6.07, 6.45) is -2.41. The zero-order chi connectivity index (χ0) is 13.9. The maximum Gasteiger partial charge on any atom is 0.420 e. The van der Waals surface area contributed by atoms with Crippen LogP contribution in [0.5, 0.6) is 0 Å². The predicted molar refractivity (Wildman–Crippen MR) is 57.9 cm³/mol. The number of carbonyl (C=O) groups is 3. The standard InChI is InChI=1S/C10H13N3O5/c1-10(2,3)18-9(16)13-5-7(17-8(13)15)6(14)4-12-11/h4,7H,5H2,1-3H3/t7-/m0/s1. The monoisotopic (exact) mass is 255 g/mol. The van der Waals surface area contributed by atoms with Gasteiger partial charge in [0, 0.05) is 0 Å². The van der Waals surface area contributed by atoms with Gasteiger partial charge in [0.05, 0.1) is 6.54 Å². The van der Waals surface area contributed by atoms with Gasteiger partial charge >= 0.3 is 18.4 Å². The first-order chi connectivity index (χ1) is 8.24. The minimum Gasteiger partial charge on any atom is -0.443 e. The van der Waals surface area contributed by atoms with E-state index in [0.717, 1.165) is 0 Å². The Kier molecular flexibility index (Phi) is 3.82. The van der Waals surface area contributed by atoms with Crippen molar-refractivity contribution in [2.24, 2.45) is 0 Å². The molecule has 1 rings (SSSR count). The molecule has 8 nitrogen and oxygen atoms in total. The van der Waals surface area contributed by atoms with Crippen molar-refractivity contribution in [3.05, 3.63) is 5.53 Å². The fourth-order valence-electron chi connectivity index (χ4n) is 1.22. The van der Waals surface area contributed by atoms with Crippen molar-refractivity contribution in [1.29, 1.82) is 0 Å². The lowest BCUT2D eigenvalue weighted by Crippen LogP contribution is -2.38. The molecule has 0 aromatic carbocycles. The Bertz CT molecular complexity index is 433. The SMILES string of the molecule is CC(C)(C)OC(=O)N1C[C@@H](C(=O)C=[N+]=[N-])OC1=O. The first-order valence-electron chi connectivity index (χ1n) is 5.17. The third kappa shape index (κ3) is 3.39. The maximum absolute atomic E-state index is 11.6. The van der Waals surface area contributed by atoms with Crippen LogP contribution in [0.4, 0.5) is 9.59 Å². The molecular weight excluding hydrogens is 242 g/mol. The van der Waals surface area contributed by atoms with Crippen molar-refractivity contribution in [2.45, 2.75) is 32.5 Å². The van der Waals surface area contributed by atoms with Crippen LogP contribution < -0.4 is 0 Å². The molecule has 0 aromatic heterocycles. The van der Waals surface area contributed by atoms with Gasteiger partial charge in [-0.25, -0.2) is 14.5 Å². The molecular formula is C10H13N3O5. The number of Topliss-reactive ketones (excluding diaryl/α,β-unsaturated/α-hetero) is 1. The highest BCUT2D eigenvalue weighted by Gasteiger charge is 2.42. The lowest BCUT2D eigenvalue weighted by molar-refractivity contribution is -0.122. The van der Waals surface area contributed by atoms with Gasteiger partial charge < -0.3 is 15.0 Å². The smallest absolute Gasteiger partial charge is 0.420 e. The molecule has 1 fully saturated rings. The zero-order valence-corrected chi connectivity index (χ0v) is 10.2. The van der Waals surface area contributed by atoms with E-state index < -0.39 is 29.7 Å². The topological polar surface area (TPSA) is 109 Å². The lowest BCUT2D eigenvalue weighted by Gasteiger charge is -2.21. The van der Waals surface area contributed by atoms with E-state index in [0.29, 0.717) is 11.1 Å². The maximum atomic E-state index is 11.6. The normalized spacial score (nSPS) is 18.9. The number of cyclic esters (lactones) is 1. The van der Waals surface area contributed by atoms with Crippen LogP contribution in [0.1, 0.15) is 20.8 Å². The first kappa shape index (κ1) is 13.9. The fourth-order valence-corrected chi connectivity index (χ4v) is 1.22. The molecule has 0 spiro atoms. The Morgan fingerprint density at radius 1 is 1.56 bits per heavy atom. The molecule has 0 radical (unpaired) electrons. The van der Waals surface area contributed by atoms with E-state index in [9.17, 15) is 14.4 Å². The molecule has 1 saturated heterocycles. The summed E-state index contributed by atoms with van der Waals surface area (Å²) in [6.45, 7) is 4.67. The number of amides is 2. The highest BCUT2D eigenvalue weighted by Crippen LogP contribution is 2.16. The largest absolute Gasteiger partial charge is 0.443 e. The minimum atomic E-state index is -1.17. The fraction of sp³-hybridized carbons (Fsp3) is 0.600. The summed E-state index contributed by atoms with van der Waals surface area (Å²) in [5, 5.41) is 0. The molecule has 18 heavy (non-hydrogen) atoms. The molecule has 1 aliphatic heterocycles. The van der Waals surface area contributed by atoms with E-state index in [1.54, 1.807) is 20.8 Å². The predicted octanol–water partition coefficient (Wildman–Crippen LogP) is 0.612. The molecule has 98 valence electrons. The second-order valence-electron chi connectivity index (χ2n) is 4.61. The number of hydrogen-bond acceptors (Lipinski definition) is 5. The van der Waals surface area contributed by atoms with Crippen molar-refractivity contribution in [2.75, 3.05) is 6.54 Å². The molecule has 0 saturated carbocycles. The number of nitrogens with zero attached hydrogens (tertiary/aromatic N) is 3. The first-order valence-corrected chi connectivity index (χ1v) is 5.17. The van der Waals surface area contributed by atoms with Gasteiger partial charge in [0.15, 0.2) is 6.10 Å². The molecule has 0 aliphatic carbocycles. The Hall–Kier alpha value is -2.21. The summed E-state index contributed by atoms with van der Waals surface area (Å²) in [6, 6.07) is 0. The number of rotatable bonds is 2. The van der Waals surface area contributed by atoms with Crippen molar-refractivity contribution in [3.63, 3.8) is 0 Å². The van der Waals surface area contributed by atoms with Crippen molar-refractivity contribution >= 4 is 24.2 Å². The van der Waals surface area contributed by atoms with Gasteiger partial charge in [-0.2, -0.15) is 4.79 Å². The third-order valence-corrected chi connectivity index (χ3v) is 1.93. The van der Waals surface area contributed by atoms with Crippen LogP contribution in [0.2, 0.25) is 0 Å². The summed E-state index contributed by atoms with van der Waals surface area (Å²) in [7, 11) is 0. The van der Waals surface area contributed by atoms with Crippen molar-refractivity contribution in [3.8, 4) is 0 Å². The van der Waals surface area contributed by atoms with Gasteiger partial charge in [0.25, 0.3) is 5.78 Å². The van der Waals surface area contributed by atoms with E-state index in [1.165, 1.54) is 0 Å². The molecule has 8 heteroatoms. The second-order valence-corrected chi connectivity index (χ2v) is 4.61. The van der Waals surface area contributed by atoms with E-state index in [4.69, 9.17) is 10.3 Å². The van der Waals surface area contributed by atoms with E-state index in [1.807, 2.05) is 0 Å². The molecule has 2 amide bonds. The lowest BCUT2D eigenvalue weighted by atomic mass is 10.2. The summed E-state index contributed by atoms with van der Waals surface area (Å²) in [4.78, 5) is 37.5. The quantitative estimate of drug-likeness (QED) is 0.408. The molecule has 1 heterocycles.